The summed E-state index contributed by atoms with van der Waals surface area (Å²) in [6.07, 6.45) is -1.28. The van der Waals surface area contributed by atoms with Gasteiger partial charge in [0, 0.05) is 0 Å². The van der Waals surface area contributed by atoms with Gasteiger partial charge in [0.2, 0.25) is 5.96 Å². The van der Waals surface area contributed by atoms with Gasteiger partial charge in [0.05, 0.1) is 0 Å². The van der Waals surface area contributed by atoms with Gasteiger partial charge >= 0.3 is 18.2 Å². The van der Waals surface area contributed by atoms with Gasteiger partial charge in [-0.1, -0.05) is 0 Å². The Morgan fingerprint density at radius 1 is 1.08 bits per heavy atom. The number of hydrogen-bond donors (Lipinski definition) is 4. The third-order valence-corrected chi connectivity index (χ3v) is 2.52. The number of carboxylic acids is 1. The highest BCUT2D eigenvalue weighted by atomic mass is 16.6. The van der Waals surface area contributed by atoms with E-state index < -0.39 is 35.4 Å². The number of alkyl carbamates (subject to hydrolysis) is 1. The second kappa shape index (κ2) is 9.95. The Labute approximate surface area is 153 Å². The molecule has 10 heteroatoms. The molecule has 0 aromatic heterocycles. The Morgan fingerprint density at radius 3 is 2.04 bits per heavy atom. The summed E-state index contributed by atoms with van der Waals surface area (Å²) in [5.74, 6) is -1.56. The molecule has 0 aromatic carbocycles. The Hall–Kier alpha value is -2.36. The van der Waals surface area contributed by atoms with Crippen LogP contribution in [-0.2, 0) is 14.3 Å². The molecule has 5 N–H and O–H groups in total. The molecule has 0 aromatic rings. The molecule has 26 heavy (non-hydrogen) atoms. The van der Waals surface area contributed by atoms with Gasteiger partial charge in [-0.15, -0.1) is 4.99 Å². The van der Waals surface area contributed by atoms with Crippen LogP contribution in [0.4, 0.5) is 9.59 Å². The van der Waals surface area contributed by atoms with E-state index in [0.717, 1.165) is 0 Å². The second-order valence-electron chi connectivity index (χ2n) is 7.53. The van der Waals surface area contributed by atoms with Crippen molar-refractivity contribution in [2.45, 2.75) is 71.6 Å². The van der Waals surface area contributed by atoms with Crippen molar-refractivity contribution in [1.29, 1.82) is 0 Å². The Morgan fingerprint density at radius 2 is 1.62 bits per heavy atom. The molecule has 0 heterocycles. The van der Waals surface area contributed by atoms with E-state index >= 15 is 0 Å². The van der Waals surface area contributed by atoms with E-state index in [0.29, 0.717) is 13.0 Å². The van der Waals surface area contributed by atoms with Gasteiger partial charge in [0.25, 0.3) is 0 Å². The van der Waals surface area contributed by atoms with Gasteiger partial charge in [0.15, 0.2) is 0 Å². The van der Waals surface area contributed by atoms with E-state index in [4.69, 9.17) is 15.2 Å². The summed E-state index contributed by atoms with van der Waals surface area (Å²) >= 11 is 0. The number of hydrogen-bond acceptors (Lipinski definition) is 6. The minimum atomic E-state index is -1.18. The van der Waals surface area contributed by atoms with Gasteiger partial charge in [-0.25, -0.2) is 14.4 Å². The van der Waals surface area contributed by atoms with Crippen LogP contribution in [0.15, 0.2) is 4.99 Å². The van der Waals surface area contributed by atoms with Crippen LogP contribution in [0.5, 0.6) is 0 Å². The van der Waals surface area contributed by atoms with Crippen molar-refractivity contribution in [3.05, 3.63) is 0 Å². The number of nitrogens with one attached hydrogen (secondary N) is 2. The molecule has 0 saturated carbocycles. The zero-order valence-corrected chi connectivity index (χ0v) is 16.2. The van der Waals surface area contributed by atoms with Gasteiger partial charge in [-0.3, -0.25) is 5.32 Å². The molecule has 0 saturated heterocycles. The van der Waals surface area contributed by atoms with Crippen LogP contribution < -0.4 is 16.4 Å². The fourth-order valence-corrected chi connectivity index (χ4v) is 1.62. The summed E-state index contributed by atoms with van der Waals surface area (Å²) < 4.78 is 10.1. The minimum Gasteiger partial charge on any atom is -0.480 e. The summed E-state index contributed by atoms with van der Waals surface area (Å²) in [7, 11) is 0. The first-order valence-electron chi connectivity index (χ1n) is 8.24. The minimum absolute atomic E-state index is 0.176. The van der Waals surface area contributed by atoms with Crippen molar-refractivity contribution in [1.82, 2.24) is 10.6 Å². The van der Waals surface area contributed by atoms with Gasteiger partial charge in [-0.05, 0) is 60.9 Å². The number of aliphatic imine (C=N–C) groups is 1. The van der Waals surface area contributed by atoms with Crippen molar-refractivity contribution in [3.8, 4) is 0 Å². The largest absolute Gasteiger partial charge is 0.480 e. The molecule has 10 nitrogen and oxygen atoms in total. The van der Waals surface area contributed by atoms with Crippen LogP contribution in [0.2, 0.25) is 0 Å². The molecule has 0 rings (SSSR count). The van der Waals surface area contributed by atoms with E-state index in [1.54, 1.807) is 41.5 Å². The average Bonchev–Trinajstić information content (AvgIpc) is 2.38. The molecular formula is C16H30N4O6. The molecular weight excluding hydrogens is 344 g/mol. The number of aliphatic carboxylic acids is 1. The molecule has 1 atom stereocenters. The smallest absolute Gasteiger partial charge is 0.437 e. The van der Waals surface area contributed by atoms with Gasteiger partial charge in [0.1, 0.15) is 17.2 Å². The molecule has 0 bridgehead atoms. The summed E-state index contributed by atoms with van der Waals surface area (Å²) in [5.41, 5.74) is 3.81. The van der Waals surface area contributed by atoms with Crippen molar-refractivity contribution in [2.75, 3.05) is 6.54 Å². The lowest BCUT2D eigenvalue weighted by molar-refractivity contribution is -0.139. The van der Waals surface area contributed by atoms with Crippen LogP contribution in [0.25, 0.3) is 0 Å². The lowest BCUT2D eigenvalue weighted by Crippen LogP contribution is -2.50. The normalized spacial score (nSPS) is 13.6. The average molecular weight is 374 g/mol. The molecule has 0 aliphatic heterocycles. The second-order valence-corrected chi connectivity index (χ2v) is 7.53. The maximum atomic E-state index is 11.9. The highest BCUT2D eigenvalue weighted by Crippen LogP contribution is 2.09. The number of amides is 2. The van der Waals surface area contributed by atoms with Gasteiger partial charge < -0.3 is 25.6 Å². The maximum absolute atomic E-state index is 11.9. The van der Waals surface area contributed by atoms with Crippen LogP contribution in [-0.4, -0.2) is 53.0 Å². The number of carboxylic acid groups (broad SMARTS) is 1. The van der Waals surface area contributed by atoms with Crippen LogP contribution in [0.1, 0.15) is 54.4 Å². The summed E-state index contributed by atoms with van der Waals surface area (Å²) in [6.45, 7) is 10.2. The molecule has 1 unspecified atom stereocenters. The molecule has 0 fully saturated rings. The molecule has 0 aliphatic rings. The summed E-state index contributed by atoms with van der Waals surface area (Å²) in [4.78, 5) is 38.8. The molecule has 150 valence electrons. The molecule has 2 amide bonds. The predicted octanol–water partition coefficient (Wildman–Crippen LogP) is 1.58. The lowest BCUT2D eigenvalue weighted by atomic mass is 10.1. The Balaban J connectivity index is 5.34. The van der Waals surface area contributed by atoms with Crippen molar-refractivity contribution >= 4 is 24.1 Å². The van der Waals surface area contributed by atoms with E-state index in [1.165, 1.54) is 0 Å². The SMILES string of the molecule is CC(C)(C)OC(=O)/N=C(/NC(=O)OC(C)(C)C)NC(CCCN)C(=O)O. The summed E-state index contributed by atoms with van der Waals surface area (Å²) in [6, 6.07) is -1.10. The fourth-order valence-electron chi connectivity index (χ4n) is 1.62. The molecule has 0 spiro atoms. The third kappa shape index (κ3) is 12.1. The lowest BCUT2D eigenvalue weighted by Gasteiger charge is -2.22. The summed E-state index contributed by atoms with van der Waals surface area (Å²) in [5, 5.41) is 14.0. The highest BCUT2D eigenvalue weighted by molar-refractivity contribution is 6.00. The number of rotatable bonds is 5. The maximum Gasteiger partial charge on any atom is 0.437 e. The zero-order valence-electron chi connectivity index (χ0n) is 16.2. The van der Waals surface area contributed by atoms with Gasteiger partial charge in [-0.2, -0.15) is 0 Å². The quantitative estimate of drug-likeness (QED) is 0.418. The number of nitrogens with zero attached hydrogens (tertiary/aromatic N) is 1. The molecule has 0 aliphatic carbocycles. The number of nitrogens with two attached hydrogens (primary N) is 1. The first-order valence-corrected chi connectivity index (χ1v) is 8.24. The van der Waals surface area contributed by atoms with Crippen LogP contribution in [0, 0.1) is 0 Å². The van der Waals surface area contributed by atoms with Crippen molar-refractivity contribution in [2.24, 2.45) is 10.7 Å². The van der Waals surface area contributed by atoms with Crippen molar-refractivity contribution < 1.29 is 29.0 Å². The Bertz CT molecular complexity index is 534. The third-order valence-electron chi connectivity index (χ3n) is 2.52. The standard InChI is InChI=1S/C16H30N4O6/c1-15(2,3)25-13(23)19-12(20-14(24)26-16(4,5)6)18-10(11(21)22)8-7-9-17/h10H,7-9,17H2,1-6H3,(H,21,22)(H2,18,19,20,23,24). The van der Waals surface area contributed by atoms with E-state index in [1.807, 2.05) is 0 Å². The van der Waals surface area contributed by atoms with Crippen LogP contribution in [0.3, 0.4) is 0 Å². The monoisotopic (exact) mass is 374 g/mol. The number of carbonyl (C=O) groups excluding carboxylic acids is 2. The number of ether oxygens (including phenoxy) is 2. The predicted molar refractivity (Wildman–Crippen MR) is 95.9 cm³/mol. The topological polar surface area (TPSA) is 152 Å². The van der Waals surface area contributed by atoms with Crippen LogP contribution >= 0.6 is 0 Å². The fraction of sp³-hybridized carbons (Fsp3) is 0.750. The number of guanidine groups is 1. The number of carbonyl (C=O) groups is 3. The van der Waals surface area contributed by atoms with Crippen molar-refractivity contribution in [3.63, 3.8) is 0 Å². The Kier molecular flexibility index (Phi) is 9.05. The van der Waals surface area contributed by atoms with E-state index in [-0.39, 0.29) is 12.4 Å². The zero-order chi connectivity index (χ0) is 20.5. The highest BCUT2D eigenvalue weighted by Gasteiger charge is 2.24. The van der Waals surface area contributed by atoms with E-state index in [9.17, 15) is 19.5 Å². The molecule has 0 radical (unpaired) electrons. The first kappa shape index (κ1) is 23.6. The van der Waals surface area contributed by atoms with E-state index in [2.05, 4.69) is 15.6 Å². The first-order chi connectivity index (χ1) is 11.7.